The zero-order valence-corrected chi connectivity index (χ0v) is 7.72. The Kier molecular flexibility index (Phi) is 3.62. The van der Waals surface area contributed by atoms with E-state index < -0.39 is 5.97 Å². The number of hydrogen-bond donors (Lipinski definition) is 1. The van der Waals surface area contributed by atoms with Gasteiger partial charge in [-0.25, -0.2) is 0 Å². The molecule has 1 fully saturated rings. The van der Waals surface area contributed by atoms with Crippen molar-refractivity contribution in [2.24, 2.45) is 0 Å². The number of carbonyl (C=O) groups is 1. The van der Waals surface area contributed by atoms with Crippen LogP contribution >= 0.6 is 11.8 Å². The van der Waals surface area contributed by atoms with Crippen LogP contribution < -0.4 is 0 Å². The van der Waals surface area contributed by atoms with Gasteiger partial charge in [-0.05, 0) is 0 Å². The van der Waals surface area contributed by atoms with E-state index in [0.29, 0.717) is 6.54 Å². The minimum absolute atomic E-state index is 0.251. The summed E-state index contributed by atoms with van der Waals surface area (Å²) in [5.74, 6) is 0.207. The highest BCUT2D eigenvalue weighted by Crippen LogP contribution is 2.18. The first kappa shape index (κ1) is 9.61. The van der Waals surface area contributed by atoms with Crippen molar-refractivity contribution in [3.05, 3.63) is 12.7 Å². The van der Waals surface area contributed by atoms with E-state index in [1.54, 1.807) is 0 Å². The van der Waals surface area contributed by atoms with E-state index in [0.717, 1.165) is 18.8 Å². The minimum atomic E-state index is -0.700. The summed E-state index contributed by atoms with van der Waals surface area (Å²) in [5, 5.41) is 8.50. The van der Waals surface area contributed by atoms with Gasteiger partial charge in [-0.1, -0.05) is 6.08 Å². The lowest BCUT2D eigenvalue weighted by molar-refractivity contribution is -0.136. The van der Waals surface area contributed by atoms with E-state index in [9.17, 15) is 4.79 Å². The van der Waals surface area contributed by atoms with Crippen molar-refractivity contribution in [3.63, 3.8) is 0 Å². The zero-order chi connectivity index (χ0) is 8.97. The van der Waals surface area contributed by atoms with Crippen LogP contribution in [0.4, 0.5) is 0 Å². The molecule has 3 nitrogen and oxygen atoms in total. The Bertz CT molecular complexity index is 184. The molecule has 12 heavy (non-hydrogen) atoms. The quantitative estimate of drug-likeness (QED) is 0.659. The van der Waals surface area contributed by atoms with Crippen LogP contribution in [0.25, 0.3) is 0 Å². The summed E-state index contributed by atoms with van der Waals surface area (Å²) in [5.41, 5.74) is 0. The Labute approximate surface area is 76.4 Å². The van der Waals surface area contributed by atoms with Gasteiger partial charge in [-0.3, -0.25) is 9.69 Å². The molecule has 1 saturated heterocycles. The van der Waals surface area contributed by atoms with Crippen molar-refractivity contribution in [3.8, 4) is 0 Å². The van der Waals surface area contributed by atoms with Gasteiger partial charge in [-0.15, -0.1) is 18.3 Å². The molecule has 0 radical (unpaired) electrons. The highest BCUT2D eigenvalue weighted by Gasteiger charge is 2.24. The maximum absolute atomic E-state index is 10.6. The van der Waals surface area contributed by atoms with Crippen molar-refractivity contribution in [2.45, 2.75) is 5.25 Å². The normalized spacial score (nSPS) is 25.2. The Morgan fingerprint density at radius 3 is 3.17 bits per heavy atom. The first-order valence-electron chi connectivity index (χ1n) is 3.91. The fourth-order valence-corrected chi connectivity index (χ4v) is 2.31. The Morgan fingerprint density at radius 2 is 2.58 bits per heavy atom. The van der Waals surface area contributed by atoms with Crippen molar-refractivity contribution in [1.82, 2.24) is 4.90 Å². The highest BCUT2D eigenvalue weighted by atomic mass is 32.2. The number of rotatable bonds is 3. The monoisotopic (exact) mass is 187 g/mol. The number of nitrogens with zero attached hydrogens (tertiary/aromatic N) is 1. The molecule has 1 rings (SSSR count). The molecule has 68 valence electrons. The van der Waals surface area contributed by atoms with Crippen LogP contribution in [0.3, 0.4) is 0 Å². The van der Waals surface area contributed by atoms with Gasteiger partial charge in [0.2, 0.25) is 0 Å². The summed E-state index contributed by atoms with van der Waals surface area (Å²) in [6.45, 7) is 6.04. The lowest BCUT2D eigenvalue weighted by Crippen LogP contribution is -2.41. The Morgan fingerprint density at radius 1 is 1.83 bits per heavy atom. The second-order valence-corrected chi connectivity index (χ2v) is 4.06. The average Bonchev–Trinajstić information content (AvgIpc) is 2.05. The summed E-state index contributed by atoms with van der Waals surface area (Å²) in [6, 6.07) is 0. The second-order valence-electron chi connectivity index (χ2n) is 2.75. The lowest BCUT2D eigenvalue weighted by Gasteiger charge is -2.28. The fraction of sp³-hybridized carbons (Fsp3) is 0.625. The van der Waals surface area contributed by atoms with Gasteiger partial charge in [0.1, 0.15) is 5.25 Å². The smallest absolute Gasteiger partial charge is 0.317 e. The van der Waals surface area contributed by atoms with Gasteiger partial charge in [0, 0.05) is 25.4 Å². The molecular weight excluding hydrogens is 174 g/mol. The molecule has 1 unspecified atom stereocenters. The largest absolute Gasteiger partial charge is 0.480 e. The summed E-state index contributed by atoms with van der Waals surface area (Å²) in [4.78, 5) is 12.7. The van der Waals surface area contributed by atoms with Crippen molar-refractivity contribution >= 4 is 17.7 Å². The van der Waals surface area contributed by atoms with Gasteiger partial charge < -0.3 is 5.11 Å². The Hall–Kier alpha value is -0.480. The SMILES string of the molecule is C=CCN1CCSC(C(=O)O)C1. The molecule has 0 aromatic rings. The van der Waals surface area contributed by atoms with E-state index >= 15 is 0 Å². The highest BCUT2D eigenvalue weighted by molar-refractivity contribution is 8.00. The molecule has 0 spiro atoms. The van der Waals surface area contributed by atoms with Crippen LogP contribution in [0, 0.1) is 0 Å². The third-order valence-electron chi connectivity index (χ3n) is 1.81. The topological polar surface area (TPSA) is 40.5 Å². The van der Waals surface area contributed by atoms with E-state index in [1.165, 1.54) is 11.8 Å². The number of carboxylic acids is 1. The van der Waals surface area contributed by atoms with E-state index in [4.69, 9.17) is 5.11 Å². The summed E-state index contributed by atoms with van der Waals surface area (Å²) < 4.78 is 0. The molecule has 4 heteroatoms. The van der Waals surface area contributed by atoms with Gasteiger partial charge in [-0.2, -0.15) is 0 Å². The molecule has 1 aliphatic heterocycles. The molecule has 0 aromatic carbocycles. The average molecular weight is 187 g/mol. The van der Waals surface area contributed by atoms with Crippen LogP contribution in [0.2, 0.25) is 0 Å². The summed E-state index contributed by atoms with van der Waals surface area (Å²) in [7, 11) is 0. The van der Waals surface area contributed by atoms with Gasteiger partial charge in [0.05, 0.1) is 0 Å². The minimum Gasteiger partial charge on any atom is -0.480 e. The van der Waals surface area contributed by atoms with E-state index in [1.807, 2.05) is 6.08 Å². The summed E-state index contributed by atoms with van der Waals surface area (Å²) in [6.07, 6.45) is 1.81. The third-order valence-corrected chi connectivity index (χ3v) is 2.98. The molecule has 0 saturated carbocycles. The number of carboxylic acid groups (broad SMARTS) is 1. The van der Waals surface area contributed by atoms with E-state index in [-0.39, 0.29) is 5.25 Å². The van der Waals surface area contributed by atoms with Crippen LogP contribution in [0.1, 0.15) is 0 Å². The molecule has 1 N–H and O–H groups in total. The van der Waals surface area contributed by atoms with Gasteiger partial charge >= 0.3 is 5.97 Å². The van der Waals surface area contributed by atoms with E-state index in [2.05, 4.69) is 11.5 Å². The maximum atomic E-state index is 10.6. The zero-order valence-electron chi connectivity index (χ0n) is 6.90. The first-order valence-corrected chi connectivity index (χ1v) is 4.96. The standard InChI is InChI=1S/C8H13NO2S/c1-2-3-9-4-5-12-7(6-9)8(10)11/h2,7H,1,3-6H2,(H,10,11). The maximum Gasteiger partial charge on any atom is 0.317 e. The predicted octanol–water partition coefficient (Wildman–Crippen LogP) is 0.674. The molecule has 0 bridgehead atoms. The van der Waals surface area contributed by atoms with Crippen molar-refractivity contribution in [2.75, 3.05) is 25.4 Å². The van der Waals surface area contributed by atoms with Crippen LogP contribution in [-0.2, 0) is 4.79 Å². The van der Waals surface area contributed by atoms with Gasteiger partial charge in [0.15, 0.2) is 0 Å². The van der Waals surface area contributed by atoms with Crippen LogP contribution in [-0.4, -0.2) is 46.6 Å². The lowest BCUT2D eigenvalue weighted by atomic mass is 10.3. The molecular formula is C8H13NO2S. The molecule has 1 atom stereocenters. The molecule has 0 aromatic heterocycles. The third kappa shape index (κ3) is 2.53. The first-order chi connectivity index (χ1) is 5.74. The summed E-state index contributed by atoms with van der Waals surface area (Å²) >= 11 is 1.53. The number of hydrogen-bond acceptors (Lipinski definition) is 3. The predicted molar refractivity (Wildman–Crippen MR) is 50.5 cm³/mol. The fourth-order valence-electron chi connectivity index (χ4n) is 1.20. The Balaban J connectivity index is 2.39. The molecule has 0 aliphatic carbocycles. The van der Waals surface area contributed by atoms with Crippen molar-refractivity contribution in [1.29, 1.82) is 0 Å². The van der Waals surface area contributed by atoms with Crippen LogP contribution in [0.5, 0.6) is 0 Å². The second kappa shape index (κ2) is 4.52. The van der Waals surface area contributed by atoms with Gasteiger partial charge in [0.25, 0.3) is 0 Å². The molecule has 1 aliphatic rings. The van der Waals surface area contributed by atoms with Crippen LogP contribution in [0.15, 0.2) is 12.7 Å². The molecule has 1 heterocycles. The number of aliphatic carboxylic acids is 1. The van der Waals surface area contributed by atoms with Crippen molar-refractivity contribution < 1.29 is 9.90 Å². The molecule has 0 amide bonds. The number of thioether (sulfide) groups is 1.